The summed E-state index contributed by atoms with van der Waals surface area (Å²) in [6.45, 7) is 0. The molecule has 1 atom stereocenters. The summed E-state index contributed by atoms with van der Waals surface area (Å²) in [6, 6.07) is 5.18. The van der Waals surface area contributed by atoms with Crippen molar-refractivity contribution in [1.29, 1.82) is 0 Å². The molecular weight excluding hydrogens is 309 g/mol. The van der Waals surface area contributed by atoms with Gasteiger partial charge in [0, 0.05) is 11.0 Å². The van der Waals surface area contributed by atoms with Crippen molar-refractivity contribution >= 4 is 15.7 Å². The van der Waals surface area contributed by atoms with Crippen molar-refractivity contribution in [2.24, 2.45) is 0 Å². The Kier molecular flexibility index (Phi) is 3.53. The largest absolute Gasteiger partial charge is 0.345 e. The van der Waals surface area contributed by atoms with E-state index in [-0.39, 0.29) is 11.3 Å². The van der Waals surface area contributed by atoms with Crippen LogP contribution in [-0.2, 0) is 9.84 Å². The van der Waals surface area contributed by atoms with E-state index in [1.807, 2.05) is 0 Å². The summed E-state index contributed by atoms with van der Waals surface area (Å²) in [7, 11) is -3.25. The number of H-pyrrole nitrogens is 1. The van der Waals surface area contributed by atoms with Crippen molar-refractivity contribution in [3.05, 3.63) is 53.3 Å². The van der Waals surface area contributed by atoms with Crippen molar-refractivity contribution in [3.63, 3.8) is 0 Å². The maximum atomic E-state index is 13.3. The van der Waals surface area contributed by atoms with Crippen LogP contribution in [0.1, 0.15) is 10.4 Å². The van der Waals surface area contributed by atoms with Gasteiger partial charge in [-0.15, -0.1) is 0 Å². The third-order valence-electron chi connectivity index (χ3n) is 3.24. The third kappa shape index (κ3) is 2.91. The van der Waals surface area contributed by atoms with Gasteiger partial charge in [0.05, 0.1) is 29.2 Å². The molecule has 2 N–H and O–H groups in total. The molecule has 2 aromatic rings. The molecule has 0 spiro atoms. The summed E-state index contributed by atoms with van der Waals surface area (Å²) in [5.74, 6) is -1.06. The Morgan fingerprint density at radius 2 is 2.23 bits per heavy atom. The lowest BCUT2D eigenvalue weighted by molar-refractivity contribution is 0.0948. The number of nitrogens with zero attached hydrogens (tertiary/aromatic N) is 1. The smallest absolute Gasteiger partial charge is 0.255 e. The summed E-state index contributed by atoms with van der Waals surface area (Å²) in [5.41, 5.74) is 1.09. The number of aromatic nitrogens is 2. The van der Waals surface area contributed by atoms with Crippen LogP contribution >= 0.6 is 0 Å². The zero-order valence-electron chi connectivity index (χ0n) is 11.3. The second-order valence-electron chi connectivity index (χ2n) is 4.91. The fourth-order valence-electron chi connectivity index (χ4n) is 2.23. The SMILES string of the molecule is O=C(N[C@@H]1C=CS(=O)(=O)C1)c1cn[nH]c1-c1cccc(F)c1. The number of amides is 1. The summed E-state index contributed by atoms with van der Waals surface area (Å²) in [6.07, 6.45) is 2.75. The molecule has 0 saturated carbocycles. The van der Waals surface area contributed by atoms with Crippen molar-refractivity contribution in [2.75, 3.05) is 5.75 Å². The quantitative estimate of drug-likeness (QED) is 0.890. The molecule has 2 heterocycles. The lowest BCUT2D eigenvalue weighted by Crippen LogP contribution is -2.35. The monoisotopic (exact) mass is 321 g/mol. The molecule has 0 aliphatic carbocycles. The van der Waals surface area contributed by atoms with Crippen molar-refractivity contribution in [1.82, 2.24) is 15.5 Å². The first-order valence-electron chi connectivity index (χ1n) is 6.46. The lowest BCUT2D eigenvalue weighted by atomic mass is 10.1. The van der Waals surface area contributed by atoms with E-state index < -0.39 is 27.6 Å². The molecule has 1 aliphatic rings. The molecule has 1 aliphatic heterocycles. The number of carbonyl (C=O) groups excluding carboxylic acids is 1. The molecule has 3 rings (SSSR count). The van der Waals surface area contributed by atoms with Gasteiger partial charge in [-0.2, -0.15) is 5.10 Å². The number of rotatable bonds is 3. The van der Waals surface area contributed by atoms with E-state index in [2.05, 4.69) is 15.5 Å². The first-order chi connectivity index (χ1) is 10.4. The van der Waals surface area contributed by atoms with Gasteiger partial charge in [0.2, 0.25) is 0 Å². The highest BCUT2D eigenvalue weighted by Crippen LogP contribution is 2.22. The molecule has 0 fully saturated rings. The molecule has 0 radical (unpaired) electrons. The second-order valence-corrected chi connectivity index (χ2v) is 6.84. The number of halogens is 1. The number of benzene rings is 1. The van der Waals surface area contributed by atoms with Crippen molar-refractivity contribution < 1.29 is 17.6 Å². The average molecular weight is 321 g/mol. The van der Waals surface area contributed by atoms with Gasteiger partial charge in [0.1, 0.15) is 5.82 Å². The molecule has 1 amide bonds. The molecule has 6 nitrogen and oxygen atoms in total. The minimum absolute atomic E-state index is 0.161. The minimum Gasteiger partial charge on any atom is -0.345 e. The van der Waals surface area contributed by atoms with Gasteiger partial charge in [-0.25, -0.2) is 12.8 Å². The Balaban J connectivity index is 1.83. The van der Waals surface area contributed by atoms with Crippen molar-refractivity contribution in [2.45, 2.75) is 6.04 Å². The molecule has 1 aromatic carbocycles. The predicted octanol–water partition coefficient (Wildman–Crippen LogP) is 1.26. The topological polar surface area (TPSA) is 91.9 Å². The fraction of sp³-hybridized carbons (Fsp3) is 0.143. The Morgan fingerprint density at radius 1 is 1.41 bits per heavy atom. The fourth-order valence-corrected chi connectivity index (χ4v) is 3.47. The van der Waals surface area contributed by atoms with Crippen LogP contribution < -0.4 is 5.32 Å². The van der Waals surface area contributed by atoms with E-state index in [1.54, 1.807) is 6.07 Å². The standard InChI is InChI=1S/C14H12FN3O3S/c15-10-3-1-2-9(6-10)13-12(7-16-18-13)14(19)17-11-4-5-22(20,21)8-11/h1-7,11H,8H2,(H,16,18)(H,17,19)/t11-/m1/s1. The molecule has 1 aromatic heterocycles. The van der Waals surface area contributed by atoms with Gasteiger partial charge < -0.3 is 5.32 Å². The molecule has 8 heteroatoms. The molecular formula is C14H12FN3O3S. The van der Waals surface area contributed by atoms with Crippen LogP contribution in [-0.4, -0.2) is 36.3 Å². The number of carbonyl (C=O) groups is 1. The maximum absolute atomic E-state index is 13.3. The molecule has 0 unspecified atom stereocenters. The van der Waals surface area contributed by atoms with Gasteiger partial charge in [-0.1, -0.05) is 12.1 Å². The number of hydrogen-bond acceptors (Lipinski definition) is 4. The van der Waals surface area contributed by atoms with Crippen LogP contribution in [0.15, 0.2) is 41.9 Å². The number of sulfone groups is 1. The van der Waals surface area contributed by atoms with E-state index in [1.165, 1.54) is 30.5 Å². The highest BCUT2D eigenvalue weighted by atomic mass is 32.2. The molecule has 22 heavy (non-hydrogen) atoms. The maximum Gasteiger partial charge on any atom is 0.255 e. The van der Waals surface area contributed by atoms with Gasteiger partial charge in [-0.3, -0.25) is 9.89 Å². The van der Waals surface area contributed by atoms with E-state index in [4.69, 9.17) is 0 Å². The van der Waals surface area contributed by atoms with Gasteiger partial charge in [-0.05, 0) is 18.2 Å². The number of hydrogen-bond donors (Lipinski definition) is 2. The van der Waals surface area contributed by atoms with E-state index in [9.17, 15) is 17.6 Å². The first-order valence-corrected chi connectivity index (χ1v) is 8.17. The summed E-state index contributed by atoms with van der Waals surface area (Å²) in [4.78, 5) is 12.3. The Bertz CT molecular complexity index is 858. The third-order valence-corrected chi connectivity index (χ3v) is 4.64. The van der Waals surface area contributed by atoms with E-state index >= 15 is 0 Å². The molecule has 114 valence electrons. The van der Waals surface area contributed by atoms with Crippen LogP contribution in [0, 0.1) is 5.82 Å². The zero-order chi connectivity index (χ0) is 15.7. The molecule has 0 saturated heterocycles. The zero-order valence-corrected chi connectivity index (χ0v) is 12.1. The van der Waals surface area contributed by atoms with Crippen LogP contribution in [0.2, 0.25) is 0 Å². The van der Waals surface area contributed by atoms with Gasteiger partial charge in [0.25, 0.3) is 5.91 Å². The molecule has 0 bridgehead atoms. The highest BCUT2D eigenvalue weighted by Gasteiger charge is 2.25. The predicted molar refractivity (Wildman–Crippen MR) is 78.2 cm³/mol. The Labute approximate surface area is 126 Å². The number of aromatic amines is 1. The van der Waals surface area contributed by atoms with Crippen LogP contribution in [0.25, 0.3) is 11.3 Å². The average Bonchev–Trinajstić information content (AvgIpc) is 3.05. The lowest BCUT2D eigenvalue weighted by Gasteiger charge is -2.10. The summed E-state index contributed by atoms with van der Waals surface area (Å²) < 4.78 is 36.0. The van der Waals surface area contributed by atoms with E-state index in [0.29, 0.717) is 11.3 Å². The summed E-state index contributed by atoms with van der Waals surface area (Å²) in [5, 5.41) is 10.2. The van der Waals surface area contributed by atoms with E-state index in [0.717, 1.165) is 5.41 Å². The first kappa shape index (κ1) is 14.5. The van der Waals surface area contributed by atoms with Gasteiger partial charge in [0.15, 0.2) is 9.84 Å². The summed E-state index contributed by atoms with van der Waals surface area (Å²) >= 11 is 0. The second kappa shape index (κ2) is 5.38. The van der Waals surface area contributed by atoms with Crippen LogP contribution in [0.3, 0.4) is 0 Å². The van der Waals surface area contributed by atoms with Crippen LogP contribution in [0.4, 0.5) is 4.39 Å². The highest BCUT2D eigenvalue weighted by molar-refractivity contribution is 7.94. The van der Waals surface area contributed by atoms with Crippen LogP contribution in [0.5, 0.6) is 0 Å². The normalized spacial score (nSPS) is 19.2. The number of nitrogens with one attached hydrogen (secondary N) is 2. The van der Waals surface area contributed by atoms with Crippen molar-refractivity contribution in [3.8, 4) is 11.3 Å². The Morgan fingerprint density at radius 3 is 2.91 bits per heavy atom. The minimum atomic E-state index is -3.25. The Hall–Kier alpha value is -2.48. The van der Waals surface area contributed by atoms with Gasteiger partial charge >= 0.3 is 0 Å².